The summed E-state index contributed by atoms with van der Waals surface area (Å²) in [6.45, 7) is 8.65. The van der Waals surface area contributed by atoms with Crippen molar-refractivity contribution >= 4 is 5.91 Å². The first-order valence-corrected chi connectivity index (χ1v) is 6.20. The van der Waals surface area contributed by atoms with Crippen molar-refractivity contribution in [1.29, 1.82) is 0 Å². The van der Waals surface area contributed by atoms with E-state index in [-0.39, 0.29) is 34.8 Å². The van der Waals surface area contributed by atoms with Crippen LogP contribution in [0.25, 0.3) is 0 Å². The summed E-state index contributed by atoms with van der Waals surface area (Å²) in [6.07, 6.45) is 2.95. The van der Waals surface area contributed by atoms with E-state index in [9.17, 15) is 9.90 Å². The van der Waals surface area contributed by atoms with Crippen LogP contribution in [0.4, 0.5) is 0 Å². The fourth-order valence-corrected chi connectivity index (χ4v) is 3.11. The monoisotopic (exact) mass is 225 g/mol. The summed E-state index contributed by atoms with van der Waals surface area (Å²) < 4.78 is 0. The molecule has 0 radical (unpaired) electrons. The van der Waals surface area contributed by atoms with Crippen molar-refractivity contribution in [2.24, 2.45) is 16.7 Å². The maximum atomic E-state index is 12.2. The molecule has 0 aromatic heterocycles. The van der Waals surface area contributed by atoms with Crippen molar-refractivity contribution in [3.8, 4) is 0 Å². The van der Waals surface area contributed by atoms with E-state index >= 15 is 0 Å². The van der Waals surface area contributed by atoms with E-state index in [1.165, 1.54) is 0 Å². The molecule has 0 saturated heterocycles. The fraction of sp³-hybridized carbons (Fsp3) is 0.923. The van der Waals surface area contributed by atoms with Crippen molar-refractivity contribution in [2.75, 3.05) is 6.61 Å². The van der Waals surface area contributed by atoms with Gasteiger partial charge in [-0.15, -0.1) is 0 Å². The molecule has 2 aliphatic rings. The molecular weight excluding hydrogens is 202 g/mol. The molecule has 2 saturated carbocycles. The molecule has 0 bridgehead atoms. The molecule has 3 heteroatoms. The Morgan fingerprint density at radius 3 is 2.00 bits per heavy atom. The van der Waals surface area contributed by atoms with Gasteiger partial charge in [0.05, 0.1) is 12.1 Å². The van der Waals surface area contributed by atoms with Gasteiger partial charge < -0.3 is 10.4 Å². The lowest BCUT2D eigenvalue weighted by Crippen LogP contribution is -2.56. The minimum Gasteiger partial charge on any atom is -0.394 e. The molecule has 2 fully saturated rings. The van der Waals surface area contributed by atoms with Crippen molar-refractivity contribution in [2.45, 2.75) is 52.5 Å². The lowest BCUT2D eigenvalue weighted by atomic mass is 9.77. The van der Waals surface area contributed by atoms with E-state index in [1.54, 1.807) is 0 Å². The van der Waals surface area contributed by atoms with Gasteiger partial charge in [-0.3, -0.25) is 4.79 Å². The molecule has 0 atom stereocenters. The van der Waals surface area contributed by atoms with E-state index in [2.05, 4.69) is 33.0 Å². The van der Waals surface area contributed by atoms with E-state index in [0.29, 0.717) is 0 Å². The van der Waals surface area contributed by atoms with Crippen LogP contribution in [0.2, 0.25) is 0 Å². The van der Waals surface area contributed by atoms with Gasteiger partial charge in [0.2, 0.25) is 5.91 Å². The smallest absolute Gasteiger partial charge is 0.224 e. The molecule has 2 N–H and O–H groups in total. The number of amides is 1. The van der Waals surface area contributed by atoms with E-state index in [1.807, 2.05) is 0 Å². The van der Waals surface area contributed by atoms with Gasteiger partial charge in [0.25, 0.3) is 0 Å². The zero-order valence-corrected chi connectivity index (χ0v) is 10.8. The number of carbonyl (C=O) groups is 1. The van der Waals surface area contributed by atoms with Crippen LogP contribution in [0.3, 0.4) is 0 Å². The highest BCUT2D eigenvalue weighted by Gasteiger charge is 2.68. The minimum absolute atomic E-state index is 0.0757. The largest absolute Gasteiger partial charge is 0.394 e. The summed E-state index contributed by atoms with van der Waals surface area (Å²) >= 11 is 0. The Balaban J connectivity index is 2.01. The summed E-state index contributed by atoms with van der Waals surface area (Å²) in [5.41, 5.74) is -0.138. The second kappa shape index (κ2) is 3.22. The minimum atomic E-state index is -0.300. The van der Waals surface area contributed by atoms with Crippen LogP contribution in [-0.2, 0) is 4.79 Å². The third-order valence-electron chi connectivity index (χ3n) is 5.28. The van der Waals surface area contributed by atoms with Crippen LogP contribution in [0.15, 0.2) is 0 Å². The van der Waals surface area contributed by atoms with Crippen molar-refractivity contribution in [3.05, 3.63) is 0 Å². The van der Waals surface area contributed by atoms with E-state index < -0.39 is 0 Å². The van der Waals surface area contributed by atoms with Crippen LogP contribution < -0.4 is 5.32 Å². The van der Waals surface area contributed by atoms with Gasteiger partial charge in [-0.1, -0.05) is 27.7 Å². The lowest BCUT2D eigenvalue weighted by molar-refractivity contribution is -0.127. The average molecular weight is 225 g/mol. The van der Waals surface area contributed by atoms with Gasteiger partial charge in [0.1, 0.15) is 0 Å². The predicted molar refractivity (Wildman–Crippen MR) is 62.9 cm³/mol. The standard InChI is InChI=1S/C13H23NO2/c1-11(2)9(12(11,3)4)10(16)14-13(8-15)6-5-7-13/h9,15H,5-8H2,1-4H3,(H,14,16). The number of nitrogens with one attached hydrogen (secondary N) is 1. The molecule has 1 amide bonds. The van der Waals surface area contributed by atoms with Gasteiger partial charge in [0.15, 0.2) is 0 Å². The second-order valence-electron chi connectivity index (χ2n) is 6.66. The number of aliphatic hydroxyl groups excluding tert-OH is 1. The number of carbonyl (C=O) groups excluding carboxylic acids is 1. The molecule has 0 unspecified atom stereocenters. The Hall–Kier alpha value is -0.570. The quantitative estimate of drug-likeness (QED) is 0.768. The van der Waals surface area contributed by atoms with Gasteiger partial charge in [-0.25, -0.2) is 0 Å². The third kappa shape index (κ3) is 1.41. The maximum Gasteiger partial charge on any atom is 0.224 e. The van der Waals surface area contributed by atoms with Crippen molar-refractivity contribution < 1.29 is 9.90 Å². The van der Waals surface area contributed by atoms with Crippen LogP contribution in [0.1, 0.15) is 47.0 Å². The Kier molecular flexibility index (Phi) is 2.40. The molecule has 92 valence electrons. The molecule has 2 aliphatic carbocycles. The SMILES string of the molecule is CC1(C)C(C(=O)NC2(CO)CCC2)C1(C)C. The number of aliphatic hydroxyl groups is 1. The number of rotatable bonds is 3. The summed E-state index contributed by atoms with van der Waals surface area (Å²) in [7, 11) is 0. The van der Waals surface area contributed by atoms with Crippen LogP contribution in [-0.4, -0.2) is 23.2 Å². The zero-order valence-electron chi connectivity index (χ0n) is 10.8. The maximum absolute atomic E-state index is 12.2. The topological polar surface area (TPSA) is 49.3 Å². The molecule has 2 rings (SSSR count). The van der Waals surface area contributed by atoms with Gasteiger partial charge >= 0.3 is 0 Å². The highest BCUT2D eigenvalue weighted by Crippen LogP contribution is 2.68. The summed E-state index contributed by atoms with van der Waals surface area (Å²) in [4.78, 5) is 12.2. The average Bonchev–Trinajstić information content (AvgIpc) is 2.50. The van der Waals surface area contributed by atoms with Crippen LogP contribution in [0.5, 0.6) is 0 Å². The third-order valence-corrected chi connectivity index (χ3v) is 5.28. The van der Waals surface area contributed by atoms with Crippen molar-refractivity contribution in [3.63, 3.8) is 0 Å². The van der Waals surface area contributed by atoms with Gasteiger partial charge in [-0.2, -0.15) is 0 Å². The Morgan fingerprint density at radius 2 is 1.75 bits per heavy atom. The first-order chi connectivity index (χ1) is 7.27. The normalized spacial score (nSPS) is 29.3. The molecule has 0 aromatic rings. The van der Waals surface area contributed by atoms with Crippen LogP contribution >= 0.6 is 0 Å². The molecule has 0 spiro atoms. The molecule has 16 heavy (non-hydrogen) atoms. The Labute approximate surface area is 97.6 Å². The fourth-order valence-electron chi connectivity index (χ4n) is 3.11. The zero-order chi connectivity index (χ0) is 12.2. The first kappa shape index (κ1) is 11.9. The Morgan fingerprint density at radius 1 is 1.25 bits per heavy atom. The lowest BCUT2D eigenvalue weighted by Gasteiger charge is -2.41. The van der Waals surface area contributed by atoms with Gasteiger partial charge in [-0.05, 0) is 30.1 Å². The molecular formula is C13H23NO2. The van der Waals surface area contributed by atoms with Crippen LogP contribution in [0, 0.1) is 16.7 Å². The van der Waals surface area contributed by atoms with Crippen molar-refractivity contribution in [1.82, 2.24) is 5.32 Å². The second-order valence-corrected chi connectivity index (χ2v) is 6.66. The predicted octanol–water partition coefficient (Wildman–Crippen LogP) is 1.70. The highest BCUT2D eigenvalue weighted by atomic mass is 16.3. The molecule has 0 heterocycles. The number of hydrogen-bond donors (Lipinski definition) is 2. The number of hydrogen-bond acceptors (Lipinski definition) is 2. The Bertz CT molecular complexity index is 296. The summed E-state index contributed by atoms with van der Waals surface area (Å²) in [5.74, 6) is 0.216. The van der Waals surface area contributed by atoms with E-state index in [4.69, 9.17) is 0 Å². The molecule has 3 nitrogen and oxygen atoms in total. The highest BCUT2D eigenvalue weighted by molar-refractivity contribution is 5.84. The van der Waals surface area contributed by atoms with E-state index in [0.717, 1.165) is 19.3 Å². The first-order valence-electron chi connectivity index (χ1n) is 6.20. The molecule has 0 aliphatic heterocycles. The molecule has 0 aromatic carbocycles. The van der Waals surface area contributed by atoms with Gasteiger partial charge in [0, 0.05) is 5.92 Å². The summed E-state index contributed by atoms with van der Waals surface area (Å²) in [6, 6.07) is 0. The summed E-state index contributed by atoms with van der Waals surface area (Å²) in [5, 5.41) is 12.4.